The van der Waals surface area contributed by atoms with Gasteiger partial charge in [0.2, 0.25) is 0 Å². The fraction of sp³-hybridized carbons (Fsp3) is 0.167. The minimum absolute atomic E-state index is 0.722. The number of alkyl halides is 1. The second-order valence-corrected chi connectivity index (χ2v) is 3.41. The molecule has 0 spiro atoms. The molecule has 0 N–H and O–H groups in total. The highest BCUT2D eigenvalue weighted by molar-refractivity contribution is 9.10. The molecule has 0 atom stereocenters. The number of nitrogens with zero attached hydrogens (tertiary/aromatic N) is 1. The van der Waals surface area contributed by atoms with Crippen LogP contribution in [0.1, 0.15) is 5.56 Å². The number of halogens is 3. The molecule has 0 bridgehead atoms. The summed E-state index contributed by atoms with van der Waals surface area (Å²) in [6.45, 7) is 0. The molecule has 0 aliphatic carbocycles. The maximum Gasteiger partial charge on any atom is 0.111 e. The second kappa shape index (κ2) is 3.69. The van der Waals surface area contributed by atoms with E-state index in [0.29, 0.717) is 0 Å². The van der Waals surface area contributed by atoms with Crippen LogP contribution >= 0.6 is 43.5 Å². The lowest BCUT2D eigenvalue weighted by molar-refractivity contribution is 1.21. The summed E-state index contributed by atoms with van der Waals surface area (Å²) in [4.78, 5) is 4.01. The molecule has 0 fully saturated rings. The molecule has 0 aliphatic rings. The Hall–Kier alpha value is 0.400. The first-order valence-corrected chi connectivity index (χ1v) is 4.90. The van der Waals surface area contributed by atoms with Crippen molar-refractivity contribution in [2.75, 3.05) is 0 Å². The van der Waals surface area contributed by atoms with Crippen LogP contribution in [0.5, 0.6) is 0 Å². The van der Waals surface area contributed by atoms with E-state index in [1.807, 2.05) is 0 Å². The summed E-state index contributed by atoms with van der Waals surface area (Å²) in [5, 5.41) is 1.46. The average Bonchev–Trinajstić information content (AvgIpc) is 1.88. The molecule has 0 radical (unpaired) electrons. The van der Waals surface area contributed by atoms with E-state index in [-0.39, 0.29) is 0 Å². The maximum absolute atomic E-state index is 5.83. The standard InChI is InChI=1S/C6H4Br2ClN/c7-3-4-5(9)1-2-10-6(4)8/h1-2H,3H2. The highest BCUT2D eigenvalue weighted by Gasteiger charge is 2.02. The fourth-order valence-corrected chi connectivity index (χ4v) is 2.47. The smallest absolute Gasteiger partial charge is 0.111 e. The van der Waals surface area contributed by atoms with Gasteiger partial charge < -0.3 is 0 Å². The van der Waals surface area contributed by atoms with Crippen molar-refractivity contribution in [1.82, 2.24) is 4.98 Å². The zero-order chi connectivity index (χ0) is 7.56. The summed E-state index contributed by atoms with van der Waals surface area (Å²) in [6, 6.07) is 1.77. The number of hydrogen-bond donors (Lipinski definition) is 0. The highest BCUT2D eigenvalue weighted by Crippen LogP contribution is 2.24. The van der Waals surface area contributed by atoms with Gasteiger partial charge in [-0.25, -0.2) is 4.98 Å². The summed E-state index contributed by atoms with van der Waals surface area (Å²) in [7, 11) is 0. The molecule has 0 unspecified atom stereocenters. The summed E-state index contributed by atoms with van der Waals surface area (Å²) < 4.78 is 0.803. The van der Waals surface area contributed by atoms with Gasteiger partial charge >= 0.3 is 0 Å². The number of aromatic nitrogens is 1. The van der Waals surface area contributed by atoms with Gasteiger partial charge in [0.05, 0.1) is 0 Å². The van der Waals surface area contributed by atoms with E-state index in [4.69, 9.17) is 11.6 Å². The Labute approximate surface area is 81.1 Å². The van der Waals surface area contributed by atoms with Gasteiger partial charge in [0.25, 0.3) is 0 Å². The summed E-state index contributed by atoms with van der Waals surface area (Å²) in [6.07, 6.45) is 1.67. The van der Waals surface area contributed by atoms with Gasteiger partial charge in [-0.15, -0.1) is 0 Å². The third kappa shape index (κ3) is 1.71. The highest BCUT2D eigenvalue weighted by atomic mass is 79.9. The van der Waals surface area contributed by atoms with E-state index in [0.717, 1.165) is 20.5 Å². The summed E-state index contributed by atoms with van der Waals surface area (Å²) >= 11 is 12.4. The van der Waals surface area contributed by atoms with Crippen LogP contribution in [-0.2, 0) is 5.33 Å². The SMILES string of the molecule is Clc1ccnc(Br)c1CBr. The van der Waals surface area contributed by atoms with Gasteiger partial charge in [0, 0.05) is 22.1 Å². The summed E-state index contributed by atoms with van der Waals surface area (Å²) in [5.74, 6) is 0. The first kappa shape index (κ1) is 8.50. The molecule has 10 heavy (non-hydrogen) atoms. The van der Waals surface area contributed by atoms with Crippen molar-refractivity contribution in [3.8, 4) is 0 Å². The lowest BCUT2D eigenvalue weighted by atomic mass is 10.3. The van der Waals surface area contributed by atoms with E-state index in [1.54, 1.807) is 12.3 Å². The van der Waals surface area contributed by atoms with Crippen LogP contribution in [0.15, 0.2) is 16.9 Å². The Kier molecular flexibility index (Phi) is 3.14. The Morgan fingerprint density at radius 3 is 2.70 bits per heavy atom. The molecule has 1 aromatic heterocycles. The zero-order valence-electron chi connectivity index (χ0n) is 4.94. The predicted molar refractivity (Wildman–Crippen MR) is 49.6 cm³/mol. The molecule has 54 valence electrons. The van der Waals surface area contributed by atoms with Crippen molar-refractivity contribution in [3.05, 3.63) is 27.5 Å². The van der Waals surface area contributed by atoms with Crippen LogP contribution in [0.3, 0.4) is 0 Å². The topological polar surface area (TPSA) is 12.9 Å². The van der Waals surface area contributed by atoms with Crippen molar-refractivity contribution in [1.29, 1.82) is 0 Å². The normalized spacial score (nSPS) is 9.90. The number of pyridine rings is 1. The van der Waals surface area contributed by atoms with Crippen LogP contribution in [0.2, 0.25) is 5.02 Å². The Bertz CT molecular complexity index is 219. The van der Waals surface area contributed by atoms with Crippen molar-refractivity contribution >= 4 is 43.5 Å². The lowest BCUT2D eigenvalue weighted by Crippen LogP contribution is -1.84. The molecule has 1 aromatic rings. The zero-order valence-corrected chi connectivity index (χ0v) is 8.87. The Balaban J connectivity index is 3.17. The Morgan fingerprint density at radius 1 is 1.60 bits per heavy atom. The van der Waals surface area contributed by atoms with E-state index in [9.17, 15) is 0 Å². The average molecular weight is 285 g/mol. The van der Waals surface area contributed by atoms with Crippen LogP contribution in [0.4, 0.5) is 0 Å². The van der Waals surface area contributed by atoms with Gasteiger partial charge in [-0.3, -0.25) is 0 Å². The van der Waals surface area contributed by atoms with E-state index in [2.05, 4.69) is 36.8 Å². The third-order valence-corrected chi connectivity index (χ3v) is 2.68. The molecule has 1 nitrogen and oxygen atoms in total. The van der Waals surface area contributed by atoms with Gasteiger partial charge in [0.15, 0.2) is 0 Å². The van der Waals surface area contributed by atoms with Crippen LogP contribution in [0, 0.1) is 0 Å². The van der Waals surface area contributed by atoms with Gasteiger partial charge in [0.1, 0.15) is 4.60 Å². The second-order valence-electron chi connectivity index (χ2n) is 1.70. The molecule has 1 rings (SSSR count). The minimum atomic E-state index is 0.722. The molecular weight excluding hydrogens is 281 g/mol. The molecule has 0 aliphatic heterocycles. The monoisotopic (exact) mass is 283 g/mol. The number of rotatable bonds is 1. The number of hydrogen-bond acceptors (Lipinski definition) is 1. The van der Waals surface area contributed by atoms with Crippen LogP contribution < -0.4 is 0 Å². The first-order valence-electron chi connectivity index (χ1n) is 2.60. The molecule has 0 saturated heterocycles. The Morgan fingerprint density at radius 2 is 2.30 bits per heavy atom. The molecular formula is C6H4Br2ClN. The van der Waals surface area contributed by atoms with Crippen LogP contribution in [0.25, 0.3) is 0 Å². The largest absolute Gasteiger partial charge is 0.249 e. The molecule has 0 saturated carbocycles. The maximum atomic E-state index is 5.83. The van der Waals surface area contributed by atoms with Crippen LogP contribution in [-0.4, -0.2) is 4.98 Å². The summed E-state index contributed by atoms with van der Waals surface area (Å²) in [5.41, 5.74) is 0.990. The minimum Gasteiger partial charge on any atom is -0.249 e. The van der Waals surface area contributed by atoms with Gasteiger partial charge in [-0.1, -0.05) is 27.5 Å². The van der Waals surface area contributed by atoms with Crippen molar-refractivity contribution in [2.45, 2.75) is 5.33 Å². The molecule has 0 amide bonds. The molecule has 0 aromatic carbocycles. The molecule has 1 heterocycles. The van der Waals surface area contributed by atoms with E-state index < -0.39 is 0 Å². The van der Waals surface area contributed by atoms with Crippen molar-refractivity contribution < 1.29 is 0 Å². The van der Waals surface area contributed by atoms with Gasteiger partial charge in [-0.2, -0.15) is 0 Å². The predicted octanol–water partition coefficient (Wildman–Crippen LogP) is 3.39. The van der Waals surface area contributed by atoms with Gasteiger partial charge in [-0.05, 0) is 22.0 Å². The third-order valence-electron chi connectivity index (χ3n) is 1.08. The van der Waals surface area contributed by atoms with E-state index >= 15 is 0 Å². The van der Waals surface area contributed by atoms with Crippen molar-refractivity contribution in [2.24, 2.45) is 0 Å². The van der Waals surface area contributed by atoms with Crippen molar-refractivity contribution in [3.63, 3.8) is 0 Å². The quantitative estimate of drug-likeness (QED) is 0.569. The lowest BCUT2D eigenvalue weighted by Gasteiger charge is -1.99. The van der Waals surface area contributed by atoms with E-state index in [1.165, 1.54) is 0 Å². The fourth-order valence-electron chi connectivity index (χ4n) is 0.564. The first-order chi connectivity index (χ1) is 4.75. The molecule has 4 heteroatoms.